The minimum atomic E-state index is -0.311. The van der Waals surface area contributed by atoms with E-state index in [2.05, 4.69) is 11.9 Å². The van der Waals surface area contributed by atoms with Crippen LogP contribution in [0.4, 0.5) is 0 Å². The SMILES string of the molecule is COc1ccc(C2(N=C=O)CC2C)cc1. The zero-order valence-corrected chi connectivity index (χ0v) is 8.86. The number of carbonyl (C=O) groups excluding carboxylic acids is 1. The summed E-state index contributed by atoms with van der Waals surface area (Å²) in [5, 5.41) is 0. The molecular weight excluding hydrogens is 190 g/mol. The first-order valence-electron chi connectivity index (χ1n) is 4.96. The molecule has 0 radical (unpaired) electrons. The quantitative estimate of drug-likeness (QED) is 0.558. The van der Waals surface area contributed by atoms with E-state index in [-0.39, 0.29) is 5.54 Å². The Morgan fingerprint density at radius 1 is 1.47 bits per heavy atom. The summed E-state index contributed by atoms with van der Waals surface area (Å²) >= 11 is 0. The highest BCUT2D eigenvalue weighted by Crippen LogP contribution is 2.55. The van der Waals surface area contributed by atoms with E-state index in [9.17, 15) is 4.79 Å². The Morgan fingerprint density at radius 2 is 2.07 bits per heavy atom. The molecule has 0 bridgehead atoms. The van der Waals surface area contributed by atoms with Gasteiger partial charge in [-0.15, -0.1) is 0 Å². The van der Waals surface area contributed by atoms with Gasteiger partial charge in [-0.2, -0.15) is 4.99 Å². The van der Waals surface area contributed by atoms with Crippen LogP contribution in [0.25, 0.3) is 0 Å². The van der Waals surface area contributed by atoms with Gasteiger partial charge in [0.2, 0.25) is 6.08 Å². The van der Waals surface area contributed by atoms with Gasteiger partial charge in [0.05, 0.1) is 7.11 Å². The Bertz CT molecular complexity index is 406. The molecule has 1 aromatic carbocycles. The van der Waals surface area contributed by atoms with Gasteiger partial charge in [-0.3, -0.25) is 0 Å². The van der Waals surface area contributed by atoms with Crippen molar-refractivity contribution in [3.8, 4) is 5.75 Å². The van der Waals surface area contributed by atoms with Crippen molar-refractivity contribution in [3.63, 3.8) is 0 Å². The lowest BCUT2D eigenvalue weighted by molar-refractivity contribution is 0.414. The highest BCUT2D eigenvalue weighted by molar-refractivity contribution is 5.43. The first kappa shape index (κ1) is 9.94. The summed E-state index contributed by atoms with van der Waals surface area (Å²) < 4.78 is 5.08. The summed E-state index contributed by atoms with van der Waals surface area (Å²) in [6.45, 7) is 2.09. The topological polar surface area (TPSA) is 38.7 Å². The van der Waals surface area contributed by atoms with Gasteiger partial charge in [0.25, 0.3) is 0 Å². The van der Waals surface area contributed by atoms with E-state index >= 15 is 0 Å². The predicted molar refractivity (Wildman–Crippen MR) is 56.6 cm³/mol. The van der Waals surface area contributed by atoms with Crippen LogP contribution in [0.15, 0.2) is 29.3 Å². The first-order valence-corrected chi connectivity index (χ1v) is 4.96. The van der Waals surface area contributed by atoms with Gasteiger partial charge in [-0.1, -0.05) is 19.1 Å². The van der Waals surface area contributed by atoms with E-state index in [1.54, 1.807) is 13.2 Å². The zero-order chi connectivity index (χ0) is 10.9. The molecule has 0 saturated heterocycles. The second-order valence-corrected chi connectivity index (χ2v) is 3.96. The van der Waals surface area contributed by atoms with Gasteiger partial charge in [0, 0.05) is 0 Å². The lowest BCUT2D eigenvalue weighted by Gasteiger charge is -2.10. The number of isocyanates is 1. The summed E-state index contributed by atoms with van der Waals surface area (Å²) in [5.41, 5.74) is 0.757. The van der Waals surface area contributed by atoms with Crippen molar-refractivity contribution in [2.45, 2.75) is 18.9 Å². The Hall–Kier alpha value is -1.60. The maximum atomic E-state index is 10.4. The number of benzene rings is 1. The Morgan fingerprint density at radius 3 is 2.47 bits per heavy atom. The molecule has 1 aromatic rings. The number of rotatable bonds is 3. The van der Waals surface area contributed by atoms with Gasteiger partial charge in [0.1, 0.15) is 11.3 Å². The molecule has 2 unspecified atom stereocenters. The monoisotopic (exact) mass is 203 g/mol. The van der Waals surface area contributed by atoms with Gasteiger partial charge in [0.15, 0.2) is 0 Å². The molecule has 0 N–H and O–H groups in total. The first-order chi connectivity index (χ1) is 7.23. The molecule has 0 amide bonds. The van der Waals surface area contributed by atoms with Crippen molar-refractivity contribution in [1.29, 1.82) is 0 Å². The number of hydrogen-bond acceptors (Lipinski definition) is 3. The fourth-order valence-corrected chi connectivity index (χ4v) is 1.99. The van der Waals surface area contributed by atoms with Crippen molar-refractivity contribution in [3.05, 3.63) is 29.8 Å². The molecule has 0 aliphatic heterocycles. The average molecular weight is 203 g/mol. The molecule has 2 atom stereocenters. The zero-order valence-electron chi connectivity index (χ0n) is 8.86. The van der Waals surface area contributed by atoms with E-state index in [0.717, 1.165) is 17.7 Å². The molecule has 1 aliphatic carbocycles. The minimum Gasteiger partial charge on any atom is -0.497 e. The van der Waals surface area contributed by atoms with Crippen molar-refractivity contribution in [1.82, 2.24) is 0 Å². The van der Waals surface area contributed by atoms with Crippen LogP contribution >= 0.6 is 0 Å². The fourth-order valence-electron chi connectivity index (χ4n) is 1.99. The summed E-state index contributed by atoms with van der Waals surface area (Å²) in [7, 11) is 1.63. The lowest BCUT2D eigenvalue weighted by atomic mass is 10.0. The molecular formula is C12H13NO2. The molecule has 1 aliphatic rings. The van der Waals surface area contributed by atoms with E-state index in [0.29, 0.717) is 5.92 Å². The minimum absolute atomic E-state index is 0.311. The molecule has 3 nitrogen and oxygen atoms in total. The molecule has 0 spiro atoms. The van der Waals surface area contributed by atoms with Crippen LogP contribution in [-0.2, 0) is 10.3 Å². The van der Waals surface area contributed by atoms with Crippen molar-refractivity contribution in [2.24, 2.45) is 10.9 Å². The number of methoxy groups -OCH3 is 1. The van der Waals surface area contributed by atoms with Crippen LogP contribution in [0.5, 0.6) is 5.75 Å². The van der Waals surface area contributed by atoms with Gasteiger partial charge in [-0.25, -0.2) is 4.79 Å². The van der Waals surface area contributed by atoms with Gasteiger partial charge in [-0.05, 0) is 30.0 Å². The molecule has 0 aromatic heterocycles. The number of ether oxygens (including phenoxy) is 1. The molecule has 78 valence electrons. The molecule has 1 fully saturated rings. The third kappa shape index (κ3) is 1.55. The van der Waals surface area contributed by atoms with Crippen LogP contribution in [-0.4, -0.2) is 13.2 Å². The van der Waals surface area contributed by atoms with Crippen LogP contribution in [0.1, 0.15) is 18.9 Å². The van der Waals surface area contributed by atoms with Crippen LogP contribution in [0.3, 0.4) is 0 Å². The lowest BCUT2D eigenvalue weighted by Crippen LogP contribution is -2.05. The average Bonchev–Trinajstić information content (AvgIpc) is 2.91. The number of aliphatic imine (C=N–C) groups is 1. The number of nitrogens with zero attached hydrogens (tertiary/aromatic N) is 1. The van der Waals surface area contributed by atoms with E-state index < -0.39 is 0 Å². The third-order valence-electron chi connectivity index (χ3n) is 3.11. The van der Waals surface area contributed by atoms with E-state index in [1.807, 2.05) is 24.3 Å². The molecule has 15 heavy (non-hydrogen) atoms. The normalized spacial score (nSPS) is 28.0. The molecule has 3 heteroatoms. The van der Waals surface area contributed by atoms with Crippen molar-refractivity contribution < 1.29 is 9.53 Å². The predicted octanol–water partition coefficient (Wildman–Crippen LogP) is 2.27. The largest absolute Gasteiger partial charge is 0.497 e. The summed E-state index contributed by atoms with van der Waals surface area (Å²) in [6.07, 6.45) is 2.60. The second kappa shape index (κ2) is 3.52. The van der Waals surface area contributed by atoms with E-state index in [4.69, 9.17) is 4.74 Å². The summed E-state index contributed by atoms with van der Waals surface area (Å²) in [6, 6.07) is 7.71. The highest BCUT2D eigenvalue weighted by atomic mass is 16.5. The second-order valence-electron chi connectivity index (χ2n) is 3.96. The maximum Gasteiger partial charge on any atom is 0.235 e. The van der Waals surface area contributed by atoms with Crippen molar-refractivity contribution in [2.75, 3.05) is 7.11 Å². The van der Waals surface area contributed by atoms with Crippen LogP contribution in [0, 0.1) is 5.92 Å². The van der Waals surface area contributed by atoms with Gasteiger partial charge < -0.3 is 4.74 Å². The maximum absolute atomic E-state index is 10.4. The molecule has 2 rings (SSSR count). The fraction of sp³-hybridized carbons (Fsp3) is 0.417. The van der Waals surface area contributed by atoms with Gasteiger partial charge >= 0.3 is 0 Å². The van der Waals surface area contributed by atoms with Crippen LogP contribution in [0.2, 0.25) is 0 Å². The molecule has 1 saturated carbocycles. The highest BCUT2D eigenvalue weighted by Gasteiger charge is 2.53. The van der Waals surface area contributed by atoms with Crippen LogP contribution < -0.4 is 4.74 Å². The standard InChI is InChI=1S/C12H13NO2/c1-9-7-12(9,13-8-14)10-3-5-11(15-2)6-4-10/h3-6,9H,7H2,1-2H3. The number of hydrogen-bond donors (Lipinski definition) is 0. The Balaban J connectivity index is 2.33. The summed E-state index contributed by atoms with van der Waals surface area (Å²) in [4.78, 5) is 14.3. The Labute approximate surface area is 88.8 Å². The Kier molecular flexibility index (Phi) is 2.33. The van der Waals surface area contributed by atoms with E-state index in [1.165, 1.54) is 0 Å². The smallest absolute Gasteiger partial charge is 0.235 e. The third-order valence-corrected chi connectivity index (χ3v) is 3.11. The summed E-state index contributed by atoms with van der Waals surface area (Å²) in [5.74, 6) is 1.24. The van der Waals surface area contributed by atoms with Crippen molar-refractivity contribution >= 4 is 6.08 Å². The molecule has 0 heterocycles.